The van der Waals surface area contributed by atoms with E-state index in [0.717, 1.165) is 31.2 Å². The highest BCUT2D eigenvalue weighted by Gasteiger charge is 2.38. The number of imide groups is 1. The molecule has 3 heterocycles. The lowest BCUT2D eigenvalue weighted by Gasteiger charge is -2.38. The van der Waals surface area contributed by atoms with E-state index in [9.17, 15) is 14.4 Å². The molecule has 3 amide bonds. The van der Waals surface area contributed by atoms with Crippen LogP contribution in [0.15, 0.2) is 42.5 Å². The van der Waals surface area contributed by atoms with Gasteiger partial charge < -0.3 is 14.8 Å². The number of halogens is 1. The highest BCUT2D eigenvalue weighted by atomic mass is 35.5. The Morgan fingerprint density at radius 2 is 1.76 bits per heavy atom. The standard InChI is InChI=1S/C26H27ClN2O5/c27-19-6-4-18(5-7-19)26(9-12-33-13-10-26)16-28-23(30)17-3-8-21-22(14-17)25(32)29(24(21)31)15-20-2-1-11-34-20/h3-8,14,20H,1-2,9-13,15-16H2,(H,28,30). The fourth-order valence-electron chi connectivity index (χ4n) is 5.07. The molecule has 2 aromatic carbocycles. The van der Waals surface area contributed by atoms with Crippen LogP contribution in [0.5, 0.6) is 0 Å². The van der Waals surface area contributed by atoms with Gasteiger partial charge in [-0.3, -0.25) is 19.3 Å². The maximum absolute atomic E-state index is 13.1. The van der Waals surface area contributed by atoms with Crippen LogP contribution in [0.1, 0.15) is 62.3 Å². The van der Waals surface area contributed by atoms with E-state index in [2.05, 4.69) is 5.32 Å². The lowest BCUT2D eigenvalue weighted by molar-refractivity contribution is 0.0475. The van der Waals surface area contributed by atoms with Crippen molar-refractivity contribution in [3.8, 4) is 0 Å². The number of carbonyl (C=O) groups is 3. The summed E-state index contributed by atoms with van der Waals surface area (Å²) in [6.07, 6.45) is 3.21. The zero-order chi connectivity index (χ0) is 23.7. The van der Waals surface area contributed by atoms with Crippen LogP contribution >= 0.6 is 11.6 Å². The van der Waals surface area contributed by atoms with Crippen LogP contribution in [-0.2, 0) is 14.9 Å². The number of ether oxygens (including phenoxy) is 2. The normalized spacial score (nSPS) is 21.6. The summed E-state index contributed by atoms with van der Waals surface area (Å²) in [4.78, 5) is 40.0. The van der Waals surface area contributed by atoms with E-state index < -0.39 is 0 Å². The summed E-state index contributed by atoms with van der Waals surface area (Å²) >= 11 is 6.07. The van der Waals surface area contributed by atoms with Gasteiger partial charge in [-0.1, -0.05) is 23.7 Å². The average Bonchev–Trinajstić information content (AvgIpc) is 3.46. The molecule has 1 atom stereocenters. The Bertz CT molecular complexity index is 1100. The van der Waals surface area contributed by atoms with E-state index in [1.54, 1.807) is 12.1 Å². The second-order valence-electron chi connectivity index (χ2n) is 9.20. The summed E-state index contributed by atoms with van der Waals surface area (Å²) in [6, 6.07) is 12.4. The largest absolute Gasteiger partial charge is 0.381 e. The van der Waals surface area contributed by atoms with Crippen molar-refractivity contribution in [3.05, 3.63) is 69.7 Å². The number of amides is 3. The Morgan fingerprint density at radius 3 is 2.47 bits per heavy atom. The van der Waals surface area contributed by atoms with Crippen molar-refractivity contribution in [2.75, 3.05) is 32.9 Å². The fourth-order valence-corrected chi connectivity index (χ4v) is 5.20. The molecule has 1 N–H and O–H groups in total. The van der Waals surface area contributed by atoms with E-state index in [0.29, 0.717) is 42.5 Å². The second kappa shape index (κ2) is 9.49. The van der Waals surface area contributed by atoms with Crippen LogP contribution in [0, 0.1) is 0 Å². The predicted octanol–water partition coefficient (Wildman–Crippen LogP) is 3.59. The summed E-state index contributed by atoms with van der Waals surface area (Å²) in [7, 11) is 0. The van der Waals surface area contributed by atoms with Crippen molar-refractivity contribution < 1.29 is 23.9 Å². The second-order valence-corrected chi connectivity index (χ2v) is 9.64. The number of carbonyl (C=O) groups excluding carboxylic acids is 3. The molecular weight excluding hydrogens is 456 g/mol. The van der Waals surface area contributed by atoms with Crippen LogP contribution < -0.4 is 5.32 Å². The van der Waals surface area contributed by atoms with Gasteiger partial charge in [-0.2, -0.15) is 0 Å². The number of nitrogens with zero attached hydrogens (tertiary/aromatic N) is 1. The summed E-state index contributed by atoms with van der Waals surface area (Å²) < 4.78 is 11.2. The topological polar surface area (TPSA) is 84.9 Å². The number of fused-ring (bicyclic) bond motifs is 1. The lowest BCUT2D eigenvalue weighted by Crippen LogP contribution is -2.44. The van der Waals surface area contributed by atoms with Gasteiger partial charge >= 0.3 is 0 Å². The van der Waals surface area contributed by atoms with Gasteiger partial charge in [0.05, 0.1) is 23.8 Å². The Morgan fingerprint density at radius 1 is 1.03 bits per heavy atom. The molecule has 0 saturated carbocycles. The molecule has 7 nitrogen and oxygen atoms in total. The van der Waals surface area contributed by atoms with E-state index in [-0.39, 0.29) is 41.3 Å². The monoisotopic (exact) mass is 482 g/mol. The van der Waals surface area contributed by atoms with E-state index >= 15 is 0 Å². The van der Waals surface area contributed by atoms with Crippen LogP contribution in [0.3, 0.4) is 0 Å². The summed E-state index contributed by atoms with van der Waals surface area (Å²) in [6.45, 7) is 2.58. The third-order valence-electron chi connectivity index (χ3n) is 7.14. The first-order chi connectivity index (χ1) is 16.5. The van der Waals surface area contributed by atoms with Gasteiger partial charge in [0.15, 0.2) is 0 Å². The minimum Gasteiger partial charge on any atom is -0.381 e. The van der Waals surface area contributed by atoms with Crippen molar-refractivity contribution in [2.24, 2.45) is 0 Å². The molecule has 2 aromatic rings. The predicted molar refractivity (Wildman–Crippen MR) is 126 cm³/mol. The van der Waals surface area contributed by atoms with Crippen molar-refractivity contribution in [3.63, 3.8) is 0 Å². The van der Waals surface area contributed by atoms with Crippen LogP contribution in [0.25, 0.3) is 0 Å². The minimum absolute atomic E-state index is 0.117. The van der Waals surface area contributed by atoms with Gasteiger partial charge in [0, 0.05) is 42.4 Å². The molecular formula is C26H27ClN2O5. The highest BCUT2D eigenvalue weighted by molar-refractivity contribution is 6.30. The SMILES string of the molecule is O=C(NCC1(c2ccc(Cl)cc2)CCOCC1)c1ccc2c(c1)C(=O)N(CC1CCCO1)C2=O. The summed E-state index contributed by atoms with van der Waals surface area (Å²) in [5.74, 6) is -0.973. The van der Waals surface area contributed by atoms with Gasteiger partial charge in [-0.15, -0.1) is 0 Å². The van der Waals surface area contributed by atoms with Crippen LogP contribution in [-0.4, -0.2) is 61.6 Å². The number of benzene rings is 2. The summed E-state index contributed by atoms with van der Waals surface area (Å²) in [5.41, 5.74) is 1.83. The van der Waals surface area contributed by atoms with Crippen molar-refractivity contribution in [1.29, 1.82) is 0 Å². The zero-order valence-electron chi connectivity index (χ0n) is 18.8. The third-order valence-corrected chi connectivity index (χ3v) is 7.39. The average molecular weight is 483 g/mol. The number of hydrogen-bond donors (Lipinski definition) is 1. The molecule has 0 bridgehead atoms. The maximum Gasteiger partial charge on any atom is 0.261 e. The molecule has 0 aromatic heterocycles. The van der Waals surface area contributed by atoms with Crippen molar-refractivity contribution in [2.45, 2.75) is 37.2 Å². The van der Waals surface area contributed by atoms with Crippen molar-refractivity contribution in [1.82, 2.24) is 10.2 Å². The molecule has 3 aliphatic heterocycles. The maximum atomic E-state index is 13.1. The smallest absolute Gasteiger partial charge is 0.261 e. The zero-order valence-corrected chi connectivity index (χ0v) is 19.6. The molecule has 5 rings (SSSR count). The first-order valence-corrected chi connectivity index (χ1v) is 12.1. The number of hydrogen-bond acceptors (Lipinski definition) is 5. The third kappa shape index (κ3) is 4.35. The first kappa shape index (κ1) is 23.0. The molecule has 2 fully saturated rings. The van der Waals surface area contributed by atoms with E-state index in [1.807, 2.05) is 24.3 Å². The Kier molecular flexibility index (Phi) is 6.42. The van der Waals surface area contributed by atoms with Gasteiger partial charge in [0.1, 0.15) is 0 Å². The molecule has 3 aliphatic rings. The fraction of sp³-hybridized carbons (Fsp3) is 0.423. The Balaban J connectivity index is 1.31. The molecule has 0 radical (unpaired) electrons. The molecule has 34 heavy (non-hydrogen) atoms. The van der Waals surface area contributed by atoms with Gasteiger partial charge in [-0.05, 0) is 61.6 Å². The molecule has 2 saturated heterocycles. The van der Waals surface area contributed by atoms with Gasteiger partial charge in [0.2, 0.25) is 0 Å². The number of nitrogens with one attached hydrogen (secondary N) is 1. The highest BCUT2D eigenvalue weighted by Crippen LogP contribution is 2.35. The summed E-state index contributed by atoms with van der Waals surface area (Å²) in [5, 5.41) is 3.72. The minimum atomic E-state index is -0.368. The molecule has 0 spiro atoms. The molecule has 8 heteroatoms. The van der Waals surface area contributed by atoms with Crippen molar-refractivity contribution >= 4 is 29.3 Å². The Labute approximate surface area is 203 Å². The van der Waals surface area contributed by atoms with Gasteiger partial charge in [-0.25, -0.2) is 0 Å². The number of rotatable bonds is 6. The molecule has 1 unspecified atom stereocenters. The Hall–Kier alpha value is -2.74. The molecule has 178 valence electrons. The van der Waals surface area contributed by atoms with E-state index in [1.165, 1.54) is 11.0 Å². The quantitative estimate of drug-likeness (QED) is 0.636. The first-order valence-electron chi connectivity index (χ1n) is 11.7. The van der Waals surface area contributed by atoms with Gasteiger partial charge in [0.25, 0.3) is 17.7 Å². The molecule has 0 aliphatic carbocycles. The van der Waals surface area contributed by atoms with E-state index in [4.69, 9.17) is 21.1 Å². The lowest BCUT2D eigenvalue weighted by atomic mass is 9.74. The van der Waals surface area contributed by atoms with Crippen LogP contribution in [0.4, 0.5) is 0 Å². The van der Waals surface area contributed by atoms with Crippen LogP contribution in [0.2, 0.25) is 5.02 Å².